The van der Waals surface area contributed by atoms with Gasteiger partial charge in [0.05, 0.1) is 16.4 Å². The lowest BCUT2D eigenvalue weighted by molar-refractivity contribution is 0.542. The second-order valence-corrected chi connectivity index (χ2v) is 6.19. The van der Waals surface area contributed by atoms with Gasteiger partial charge in [0.2, 0.25) is 0 Å². The summed E-state index contributed by atoms with van der Waals surface area (Å²) in [4.78, 5) is 0. The molecule has 2 nitrogen and oxygen atoms in total. The molecule has 5 heteroatoms. The van der Waals surface area contributed by atoms with Gasteiger partial charge in [-0.05, 0) is 31.9 Å². The second kappa shape index (κ2) is 5.19. The Morgan fingerprint density at radius 3 is 2.81 bits per heavy atom. The molecule has 0 saturated carbocycles. The van der Waals surface area contributed by atoms with Gasteiger partial charge >= 0.3 is 0 Å². The smallest absolute Gasteiger partial charge is 0.0847 e. The van der Waals surface area contributed by atoms with Crippen LogP contribution in [0, 0.1) is 12.8 Å². The highest BCUT2D eigenvalue weighted by atomic mass is 35.5. The fourth-order valence-corrected chi connectivity index (χ4v) is 4.12. The van der Waals surface area contributed by atoms with E-state index in [1.54, 1.807) is 0 Å². The van der Waals surface area contributed by atoms with Crippen LogP contribution in [-0.4, -0.2) is 26.7 Å². The monoisotopic (exact) mass is 278 g/mol. The first-order valence-electron chi connectivity index (χ1n) is 5.57. The lowest BCUT2D eigenvalue weighted by atomic mass is 10.0. The van der Waals surface area contributed by atoms with Crippen LogP contribution in [0.5, 0.6) is 0 Å². The number of nitrogens with zero attached hydrogens (tertiary/aromatic N) is 2. The molecule has 2 unspecified atom stereocenters. The van der Waals surface area contributed by atoms with E-state index >= 15 is 0 Å². The zero-order valence-electron chi connectivity index (χ0n) is 9.54. The predicted molar refractivity (Wildman–Crippen MR) is 71.8 cm³/mol. The molecule has 0 N–H and O–H groups in total. The third kappa shape index (κ3) is 2.36. The standard InChI is InChI=1S/C11H16Cl2N2S/c1-3-15-10(11(13)7(2)14-15)4-8-5-16-6-9(8)12/h8-9H,3-6H2,1-2H3. The van der Waals surface area contributed by atoms with Gasteiger partial charge in [0.1, 0.15) is 0 Å². The van der Waals surface area contributed by atoms with E-state index in [4.69, 9.17) is 23.2 Å². The fraction of sp³-hybridized carbons (Fsp3) is 0.727. The summed E-state index contributed by atoms with van der Waals surface area (Å²) in [5, 5.41) is 5.53. The third-order valence-corrected chi connectivity index (χ3v) is 5.47. The summed E-state index contributed by atoms with van der Waals surface area (Å²) in [7, 11) is 0. The summed E-state index contributed by atoms with van der Waals surface area (Å²) in [6, 6.07) is 0. The maximum Gasteiger partial charge on any atom is 0.0847 e. The number of rotatable bonds is 3. The molecular formula is C11H16Cl2N2S. The summed E-state index contributed by atoms with van der Waals surface area (Å²) >= 11 is 14.5. The van der Waals surface area contributed by atoms with Crippen LogP contribution in [0.25, 0.3) is 0 Å². The van der Waals surface area contributed by atoms with Crippen LogP contribution in [0.2, 0.25) is 5.02 Å². The van der Waals surface area contributed by atoms with Gasteiger partial charge in [0.25, 0.3) is 0 Å². The molecule has 2 heterocycles. The molecule has 16 heavy (non-hydrogen) atoms. The van der Waals surface area contributed by atoms with Crippen LogP contribution in [0.3, 0.4) is 0 Å². The molecule has 1 aliphatic rings. The quantitative estimate of drug-likeness (QED) is 0.789. The minimum atomic E-state index is 0.279. The minimum absolute atomic E-state index is 0.279. The Kier molecular flexibility index (Phi) is 4.09. The molecule has 0 amide bonds. The third-order valence-electron chi connectivity index (χ3n) is 3.03. The largest absolute Gasteiger partial charge is 0.268 e. The SMILES string of the molecule is CCn1nc(C)c(Cl)c1CC1CSCC1Cl. The Hall–Kier alpha value is 0.140. The number of alkyl halides is 1. The summed E-state index contributed by atoms with van der Waals surface area (Å²) in [6.45, 7) is 4.92. The van der Waals surface area contributed by atoms with E-state index < -0.39 is 0 Å². The van der Waals surface area contributed by atoms with Crippen molar-refractivity contribution in [2.45, 2.75) is 32.2 Å². The molecule has 0 aliphatic carbocycles. The van der Waals surface area contributed by atoms with Crippen molar-refractivity contribution in [1.29, 1.82) is 0 Å². The topological polar surface area (TPSA) is 17.8 Å². The van der Waals surface area contributed by atoms with E-state index in [9.17, 15) is 0 Å². The Labute approximate surface area is 111 Å². The Morgan fingerprint density at radius 1 is 1.50 bits per heavy atom. The van der Waals surface area contributed by atoms with Crippen molar-refractivity contribution in [2.75, 3.05) is 11.5 Å². The lowest BCUT2D eigenvalue weighted by Crippen LogP contribution is -2.17. The van der Waals surface area contributed by atoms with Crippen LogP contribution >= 0.6 is 35.0 Å². The van der Waals surface area contributed by atoms with Crippen LogP contribution in [0.1, 0.15) is 18.3 Å². The molecule has 2 rings (SSSR count). The zero-order chi connectivity index (χ0) is 11.7. The Morgan fingerprint density at radius 2 is 2.25 bits per heavy atom. The molecule has 1 fully saturated rings. The van der Waals surface area contributed by atoms with Crippen LogP contribution in [-0.2, 0) is 13.0 Å². The first-order valence-corrected chi connectivity index (χ1v) is 7.54. The van der Waals surface area contributed by atoms with Crippen molar-refractivity contribution in [3.8, 4) is 0 Å². The molecule has 1 aliphatic heterocycles. The summed E-state index contributed by atoms with van der Waals surface area (Å²) in [5.74, 6) is 2.73. The molecule has 1 saturated heterocycles. The van der Waals surface area contributed by atoms with Gasteiger partial charge < -0.3 is 0 Å². The second-order valence-electron chi connectivity index (χ2n) is 4.18. The van der Waals surface area contributed by atoms with Crippen LogP contribution in [0.15, 0.2) is 0 Å². The van der Waals surface area contributed by atoms with Crippen molar-refractivity contribution < 1.29 is 0 Å². The van der Waals surface area contributed by atoms with E-state index in [-0.39, 0.29) is 5.38 Å². The first-order chi connectivity index (χ1) is 7.63. The van der Waals surface area contributed by atoms with E-state index in [2.05, 4.69) is 12.0 Å². The number of hydrogen-bond acceptors (Lipinski definition) is 2. The number of thioether (sulfide) groups is 1. The molecule has 0 radical (unpaired) electrons. The maximum atomic E-state index is 6.29. The Balaban J connectivity index is 2.19. The van der Waals surface area contributed by atoms with Crippen LogP contribution in [0.4, 0.5) is 0 Å². The number of halogens is 2. The van der Waals surface area contributed by atoms with Crippen molar-refractivity contribution in [3.05, 3.63) is 16.4 Å². The average molecular weight is 279 g/mol. The van der Waals surface area contributed by atoms with E-state index in [0.29, 0.717) is 5.92 Å². The molecule has 1 aromatic rings. The highest BCUT2D eigenvalue weighted by Crippen LogP contribution is 2.33. The van der Waals surface area contributed by atoms with Gasteiger partial charge in [-0.1, -0.05) is 11.6 Å². The number of aromatic nitrogens is 2. The fourth-order valence-electron chi connectivity index (χ4n) is 2.07. The highest BCUT2D eigenvalue weighted by molar-refractivity contribution is 7.99. The van der Waals surface area contributed by atoms with Crippen molar-refractivity contribution in [1.82, 2.24) is 9.78 Å². The predicted octanol–water partition coefficient (Wildman–Crippen LogP) is 3.38. The normalized spacial score (nSPS) is 25.2. The summed E-state index contributed by atoms with van der Waals surface area (Å²) in [5.41, 5.74) is 2.08. The van der Waals surface area contributed by atoms with E-state index in [1.165, 1.54) is 0 Å². The van der Waals surface area contributed by atoms with Crippen molar-refractivity contribution >= 4 is 35.0 Å². The molecule has 1 aromatic heterocycles. The zero-order valence-corrected chi connectivity index (χ0v) is 11.9. The lowest BCUT2D eigenvalue weighted by Gasteiger charge is -2.13. The Bertz CT molecular complexity index is 378. The number of aryl methyl sites for hydroxylation is 2. The van der Waals surface area contributed by atoms with Crippen molar-refractivity contribution in [3.63, 3.8) is 0 Å². The molecule has 2 atom stereocenters. The van der Waals surface area contributed by atoms with Gasteiger partial charge in [-0.25, -0.2) is 0 Å². The average Bonchev–Trinajstić information content (AvgIpc) is 2.78. The molecule has 90 valence electrons. The van der Waals surface area contributed by atoms with Crippen LogP contribution < -0.4 is 0 Å². The molecule has 0 bridgehead atoms. The summed E-state index contributed by atoms with van der Waals surface area (Å²) in [6.07, 6.45) is 0.953. The van der Waals surface area contributed by atoms with Gasteiger partial charge in [-0.2, -0.15) is 16.9 Å². The summed E-state index contributed by atoms with van der Waals surface area (Å²) < 4.78 is 2.00. The first kappa shape index (κ1) is 12.6. The van der Waals surface area contributed by atoms with Gasteiger partial charge in [-0.15, -0.1) is 11.6 Å². The van der Waals surface area contributed by atoms with Gasteiger partial charge in [0.15, 0.2) is 0 Å². The van der Waals surface area contributed by atoms with Gasteiger partial charge in [0, 0.05) is 17.7 Å². The van der Waals surface area contributed by atoms with E-state index in [0.717, 1.165) is 40.9 Å². The highest BCUT2D eigenvalue weighted by Gasteiger charge is 2.28. The van der Waals surface area contributed by atoms with Crippen molar-refractivity contribution in [2.24, 2.45) is 5.92 Å². The molecule has 0 aromatic carbocycles. The minimum Gasteiger partial charge on any atom is -0.268 e. The van der Waals surface area contributed by atoms with E-state index in [1.807, 2.05) is 23.4 Å². The van der Waals surface area contributed by atoms with Gasteiger partial charge in [-0.3, -0.25) is 4.68 Å². The molecular weight excluding hydrogens is 263 g/mol. The molecule has 0 spiro atoms. The number of hydrogen-bond donors (Lipinski definition) is 0. The maximum absolute atomic E-state index is 6.29.